The lowest BCUT2D eigenvalue weighted by Gasteiger charge is -2.35. The Morgan fingerprint density at radius 2 is 1.49 bits per heavy atom. The van der Waals surface area contributed by atoms with Crippen molar-refractivity contribution in [3.05, 3.63) is 129 Å². The van der Waals surface area contributed by atoms with Gasteiger partial charge in [-0.1, -0.05) is 107 Å². The molecule has 1 atom stereocenters. The van der Waals surface area contributed by atoms with Crippen LogP contribution in [0.25, 0.3) is 0 Å². The van der Waals surface area contributed by atoms with Crippen LogP contribution in [-0.2, 0) is 32.6 Å². The topological polar surface area (TPSA) is 86.8 Å². The van der Waals surface area contributed by atoms with Crippen LogP contribution in [0.4, 0.5) is 5.69 Å². The molecule has 246 valence electrons. The van der Waals surface area contributed by atoms with Crippen LogP contribution in [0.2, 0.25) is 5.02 Å². The Kier molecular flexibility index (Phi) is 11.8. The van der Waals surface area contributed by atoms with E-state index in [1.54, 1.807) is 60.7 Å². The van der Waals surface area contributed by atoms with Gasteiger partial charge in [-0.05, 0) is 79.4 Å². The van der Waals surface area contributed by atoms with Crippen molar-refractivity contribution in [2.24, 2.45) is 0 Å². The Labute approximate surface area is 291 Å². The summed E-state index contributed by atoms with van der Waals surface area (Å²) in [4.78, 5) is 30.4. The number of anilines is 1. The largest absolute Gasteiger partial charge is 0.352 e. The number of hydrogen-bond acceptors (Lipinski definition) is 4. The standard InChI is InChI=1S/C37H39BrClN3O4S/c1-27-12-22-34(23-13-27)47(45,46)42(33-20-16-30(38)17-21-33)26-36(43)41(25-29-14-18-31(39)19-15-29)35(24-28-8-4-2-5-9-28)37(44)40-32-10-6-3-7-11-32/h2,4-5,8-9,12-23,32,35H,3,6-7,10-11,24-26H2,1H3,(H,40,44)/t35-/m0/s1. The van der Waals surface area contributed by atoms with Gasteiger partial charge in [0.2, 0.25) is 11.8 Å². The number of carbonyl (C=O) groups is 2. The number of carbonyl (C=O) groups excluding carboxylic acids is 2. The van der Waals surface area contributed by atoms with Gasteiger partial charge >= 0.3 is 0 Å². The van der Waals surface area contributed by atoms with Crippen molar-refractivity contribution in [1.29, 1.82) is 0 Å². The molecule has 47 heavy (non-hydrogen) atoms. The summed E-state index contributed by atoms with van der Waals surface area (Å²) in [5.41, 5.74) is 2.90. The molecule has 1 aliphatic carbocycles. The number of sulfonamides is 1. The third-order valence-corrected chi connectivity index (χ3v) is 11.1. The molecule has 0 unspecified atom stereocenters. The molecule has 4 aromatic carbocycles. The Morgan fingerprint density at radius 1 is 0.851 bits per heavy atom. The van der Waals surface area contributed by atoms with Gasteiger partial charge in [-0.25, -0.2) is 8.42 Å². The van der Waals surface area contributed by atoms with Gasteiger partial charge in [0.05, 0.1) is 10.6 Å². The normalized spacial score (nSPS) is 14.3. The van der Waals surface area contributed by atoms with Crippen LogP contribution in [-0.4, -0.2) is 43.8 Å². The van der Waals surface area contributed by atoms with Crippen molar-refractivity contribution >= 4 is 55.1 Å². The van der Waals surface area contributed by atoms with Crippen molar-refractivity contribution in [1.82, 2.24) is 10.2 Å². The van der Waals surface area contributed by atoms with Gasteiger partial charge in [0.1, 0.15) is 12.6 Å². The maximum atomic E-state index is 14.6. The van der Waals surface area contributed by atoms with Gasteiger partial charge in [0, 0.05) is 28.5 Å². The molecular weight excluding hydrogens is 698 g/mol. The molecule has 1 N–H and O–H groups in total. The highest BCUT2D eigenvalue weighted by Crippen LogP contribution is 2.27. The molecule has 4 aromatic rings. The molecule has 0 spiro atoms. The fourth-order valence-electron chi connectivity index (χ4n) is 5.86. The third kappa shape index (κ3) is 9.24. The zero-order valence-corrected chi connectivity index (χ0v) is 29.5. The number of amides is 2. The lowest BCUT2D eigenvalue weighted by Crippen LogP contribution is -2.55. The van der Waals surface area contributed by atoms with Crippen molar-refractivity contribution in [3.8, 4) is 0 Å². The lowest BCUT2D eigenvalue weighted by atomic mass is 9.94. The SMILES string of the molecule is Cc1ccc(S(=O)(=O)N(CC(=O)N(Cc2ccc(Cl)cc2)[C@@H](Cc2ccccc2)C(=O)NC2CCCCC2)c2ccc(Br)cc2)cc1. The lowest BCUT2D eigenvalue weighted by molar-refractivity contribution is -0.140. The van der Waals surface area contributed by atoms with Crippen molar-refractivity contribution in [2.75, 3.05) is 10.8 Å². The van der Waals surface area contributed by atoms with Gasteiger partial charge in [-0.3, -0.25) is 13.9 Å². The first-order valence-corrected chi connectivity index (χ1v) is 18.4. The van der Waals surface area contributed by atoms with E-state index in [1.807, 2.05) is 49.4 Å². The highest BCUT2D eigenvalue weighted by Gasteiger charge is 2.35. The number of benzene rings is 4. The highest BCUT2D eigenvalue weighted by atomic mass is 79.9. The first-order chi connectivity index (χ1) is 22.6. The van der Waals surface area contributed by atoms with E-state index in [2.05, 4.69) is 21.2 Å². The zero-order valence-electron chi connectivity index (χ0n) is 26.3. The minimum Gasteiger partial charge on any atom is -0.352 e. The molecule has 0 saturated heterocycles. The summed E-state index contributed by atoms with van der Waals surface area (Å²) < 4.78 is 30.3. The molecule has 7 nitrogen and oxygen atoms in total. The number of rotatable bonds is 12. The minimum absolute atomic E-state index is 0.0307. The summed E-state index contributed by atoms with van der Waals surface area (Å²) in [6.45, 7) is 1.46. The van der Waals surface area contributed by atoms with Gasteiger partial charge in [0.15, 0.2) is 0 Å². The fraction of sp³-hybridized carbons (Fsp3) is 0.297. The molecule has 5 rings (SSSR count). The number of nitrogens with zero attached hydrogens (tertiary/aromatic N) is 2. The zero-order chi connectivity index (χ0) is 33.4. The van der Waals surface area contributed by atoms with E-state index in [0.717, 1.165) is 57.6 Å². The van der Waals surface area contributed by atoms with Crippen LogP contribution < -0.4 is 9.62 Å². The first kappa shape index (κ1) is 34.7. The molecule has 0 aromatic heterocycles. The monoisotopic (exact) mass is 735 g/mol. The molecule has 0 bridgehead atoms. The fourth-order valence-corrected chi connectivity index (χ4v) is 7.66. The van der Waals surface area contributed by atoms with Gasteiger partial charge in [0.25, 0.3) is 10.0 Å². The molecule has 10 heteroatoms. The summed E-state index contributed by atoms with van der Waals surface area (Å²) in [7, 11) is -4.17. The first-order valence-electron chi connectivity index (χ1n) is 15.8. The smallest absolute Gasteiger partial charge is 0.264 e. The van der Waals surface area contributed by atoms with E-state index in [4.69, 9.17) is 11.6 Å². The molecule has 1 saturated carbocycles. The van der Waals surface area contributed by atoms with Gasteiger partial charge in [-0.2, -0.15) is 0 Å². The number of hydrogen-bond donors (Lipinski definition) is 1. The van der Waals surface area contributed by atoms with Crippen molar-refractivity contribution < 1.29 is 18.0 Å². The minimum atomic E-state index is -4.17. The molecular formula is C37H39BrClN3O4S. The van der Waals surface area contributed by atoms with Crippen LogP contribution in [0.1, 0.15) is 48.8 Å². The number of nitrogens with one attached hydrogen (secondary N) is 1. The van der Waals surface area contributed by atoms with Crippen molar-refractivity contribution in [3.63, 3.8) is 0 Å². The third-order valence-electron chi connectivity index (χ3n) is 8.49. The van der Waals surface area contributed by atoms with Crippen LogP contribution in [0.5, 0.6) is 0 Å². The second-order valence-electron chi connectivity index (χ2n) is 12.0. The van der Waals surface area contributed by atoms with Crippen LogP contribution in [0.15, 0.2) is 112 Å². The quantitative estimate of drug-likeness (QED) is 0.162. The van der Waals surface area contributed by atoms with Gasteiger partial charge < -0.3 is 10.2 Å². The predicted octanol–water partition coefficient (Wildman–Crippen LogP) is 7.70. The summed E-state index contributed by atoms with van der Waals surface area (Å²) >= 11 is 9.61. The Hall–Kier alpha value is -3.66. The van der Waals surface area contributed by atoms with Crippen LogP contribution >= 0.6 is 27.5 Å². The summed E-state index contributed by atoms with van der Waals surface area (Å²) in [6, 6.07) is 29.2. The van der Waals surface area contributed by atoms with Crippen LogP contribution in [0.3, 0.4) is 0 Å². The van der Waals surface area contributed by atoms with Crippen molar-refractivity contribution in [2.45, 2.75) is 69.0 Å². The molecule has 2 amide bonds. The Morgan fingerprint density at radius 3 is 2.13 bits per heavy atom. The summed E-state index contributed by atoms with van der Waals surface area (Å²) in [6.07, 6.45) is 5.27. The van der Waals surface area contributed by atoms with E-state index in [1.165, 1.54) is 4.90 Å². The van der Waals surface area contributed by atoms with E-state index in [0.29, 0.717) is 10.7 Å². The maximum absolute atomic E-state index is 14.6. The average Bonchev–Trinajstić information content (AvgIpc) is 3.07. The van der Waals surface area contributed by atoms with E-state index < -0.39 is 28.5 Å². The molecule has 1 fully saturated rings. The Balaban J connectivity index is 1.55. The number of halogens is 2. The van der Waals surface area contributed by atoms with E-state index in [9.17, 15) is 18.0 Å². The number of aryl methyl sites for hydroxylation is 1. The Bertz CT molecular complexity index is 1750. The molecule has 0 heterocycles. The molecule has 0 radical (unpaired) electrons. The predicted molar refractivity (Wildman–Crippen MR) is 191 cm³/mol. The molecule has 0 aliphatic heterocycles. The van der Waals surface area contributed by atoms with Crippen LogP contribution in [0, 0.1) is 6.92 Å². The molecule has 1 aliphatic rings. The summed E-state index contributed by atoms with van der Waals surface area (Å²) in [5, 5.41) is 3.78. The van der Waals surface area contributed by atoms with Gasteiger partial charge in [-0.15, -0.1) is 0 Å². The average molecular weight is 737 g/mol. The van der Waals surface area contributed by atoms with E-state index >= 15 is 0 Å². The maximum Gasteiger partial charge on any atom is 0.264 e. The van der Waals surface area contributed by atoms with E-state index in [-0.39, 0.29) is 29.8 Å². The summed E-state index contributed by atoms with van der Waals surface area (Å²) in [5.74, 6) is -0.752. The second kappa shape index (κ2) is 16.0. The highest BCUT2D eigenvalue weighted by molar-refractivity contribution is 9.10. The second-order valence-corrected chi connectivity index (χ2v) is 15.2.